The summed E-state index contributed by atoms with van der Waals surface area (Å²) in [6.45, 7) is 2.01. The van der Waals surface area contributed by atoms with Crippen LogP contribution in [-0.4, -0.2) is 20.9 Å². The number of carbonyl (C=O) groups is 1. The van der Waals surface area contributed by atoms with E-state index in [2.05, 4.69) is 26.3 Å². The number of carboxylic acid groups (broad SMARTS) is 1. The third kappa shape index (κ3) is 2.96. The van der Waals surface area contributed by atoms with Gasteiger partial charge in [-0.15, -0.1) is 0 Å². The molecule has 100 valence electrons. The number of benzene rings is 1. The van der Waals surface area contributed by atoms with E-state index in [1.54, 1.807) is 22.9 Å². The molecule has 0 saturated carbocycles. The standard InChI is InChI=1S/C13H14BrN3O2/c1-3-10-12(7-17(2)16-10)15-11-6-8(14)4-5-9(11)13(18)19/h4-7,15H,3H2,1-2H3,(H,18,19). The van der Waals surface area contributed by atoms with Crippen molar-refractivity contribution in [2.45, 2.75) is 13.3 Å². The van der Waals surface area contributed by atoms with Crippen molar-refractivity contribution in [2.24, 2.45) is 7.05 Å². The van der Waals surface area contributed by atoms with Crippen molar-refractivity contribution in [1.29, 1.82) is 0 Å². The molecule has 0 saturated heterocycles. The molecule has 0 aliphatic heterocycles. The summed E-state index contributed by atoms with van der Waals surface area (Å²) in [7, 11) is 1.84. The fraction of sp³-hybridized carbons (Fsp3) is 0.231. The number of rotatable bonds is 4. The number of hydrogen-bond donors (Lipinski definition) is 2. The number of aromatic nitrogens is 2. The van der Waals surface area contributed by atoms with Crippen molar-refractivity contribution < 1.29 is 9.90 Å². The predicted molar refractivity (Wildman–Crippen MR) is 77.0 cm³/mol. The molecule has 0 aliphatic rings. The highest BCUT2D eigenvalue weighted by Gasteiger charge is 2.13. The number of carboxylic acids is 1. The SMILES string of the molecule is CCc1nn(C)cc1Nc1cc(Br)ccc1C(=O)O. The van der Waals surface area contributed by atoms with Crippen LogP contribution in [0, 0.1) is 0 Å². The van der Waals surface area contributed by atoms with Gasteiger partial charge in [-0.25, -0.2) is 4.79 Å². The highest BCUT2D eigenvalue weighted by Crippen LogP contribution is 2.26. The summed E-state index contributed by atoms with van der Waals surface area (Å²) >= 11 is 3.35. The summed E-state index contributed by atoms with van der Waals surface area (Å²) < 4.78 is 2.53. The topological polar surface area (TPSA) is 67.2 Å². The molecule has 6 heteroatoms. The van der Waals surface area contributed by atoms with Crippen molar-refractivity contribution in [1.82, 2.24) is 9.78 Å². The maximum atomic E-state index is 11.2. The van der Waals surface area contributed by atoms with Crippen LogP contribution in [0.25, 0.3) is 0 Å². The van der Waals surface area contributed by atoms with Crippen LogP contribution in [0.2, 0.25) is 0 Å². The third-order valence-electron chi connectivity index (χ3n) is 2.72. The van der Waals surface area contributed by atoms with E-state index in [0.29, 0.717) is 5.69 Å². The lowest BCUT2D eigenvalue weighted by Crippen LogP contribution is -2.03. The van der Waals surface area contributed by atoms with E-state index in [4.69, 9.17) is 0 Å². The fourth-order valence-electron chi connectivity index (χ4n) is 1.85. The Labute approximate surface area is 119 Å². The molecule has 5 nitrogen and oxygen atoms in total. The van der Waals surface area contributed by atoms with E-state index in [9.17, 15) is 9.90 Å². The minimum absolute atomic E-state index is 0.231. The van der Waals surface area contributed by atoms with Crippen LogP contribution >= 0.6 is 15.9 Å². The Morgan fingerprint density at radius 3 is 2.84 bits per heavy atom. The molecule has 1 heterocycles. The number of hydrogen-bond acceptors (Lipinski definition) is 3. The largest absolute Gasteiger partial charge is 0.478 e. The molecular weight excluding hydrogens is 310 g/mol. The van der Waals surface area contributed by atoms with Crippen molar-refractivity contribution >= 4 is 33.3 Å². The fourth-order valence-corrected chi connectivity index (χ4v) is 2.21. The Morgan fingerprint density at radius 1 is 1.47 bits per heavy atom. The highest BCUT2D eigenvalue weighted by molar-refractivity contribution is 9.10. The first-order chi connectivity index (χ1) is 9.01. The van der Waals surface area contributed by atoms with E-state index < -0.39 is 5.97 Å². The van der Waals surface area contributed by atoms with Gasteiger partial charge in [-0.3, -0.25) is 4.68 Å². The molecule has 1 aromatic heterocycles. The van der Waals surface area contributed by atoms with Gasteiger partial charge >= 0.3 is 5.97 Å². The van der Waals surface area contributed by atoms with Crippen molar-refractivity contribution in [3.63, 3.8) is 0 Å². The summed E-state index contributed by atoms with van der Waals surface area (Å²) in [5.41, 5.74) is 2.50. The van der Waals surface area contributed by atoms with Crippen molar-refractivity contribution in [2.75, 3.05) is 5.32 Å². The molecule has 0 fully saturated rings. The molecule has 2 aromatic rings. The zero-order valence-corrected chi connectivity index (χ0v) is 12.2. The molecule has 2 rings (SSSR count). The Bertz CT molecular complexity index is 622. The summed E-state index contributed by atoms with van der Waals surface area (Å²) in [5.74, 6) is -0.961. The van der Waals surface area contributed by atoms with Gasteiger partial charge in [0.1, 0.15) is 0 Å². The molecule has 1 aromatic carbocycles. The van der Waals surface area contributed by atoms with Gasteiger partial charge in [0.2, 0.25) is 0 Å². The summed E-state index contributed by atoms with van der Waals surface area (Å²) in [5, 5.41) is 16.6. The summed E-state index contributed by atoms with van der Waals surface area (Å²) in [4.78, 5) is 11.2. The maximum Gasteiger partial charge on any atom is 0.337 e. The van der Waals surface area contributed by atoms with Gasteiger partial charge in [0, 0.05) is 17.7 Å². The maximum absolute atomic E-state index is 11.2. The van der Waals surface area contributed by atoms with E-state index >= 15 is 0 Å². The van der Waals surface area contributed by atoms with Crippen LogP contribution < -0.4 is 5.32 Å². The summed E-state index contributed by atoms with van der Waals surface area (Å²) in [6, 6.07) is 5.02. The molecular formula is C13H14BrN3O2. The van der Waals surface area contributed by atoms with Gasteiger partial charge in [0.25, 0.3) is 0 Å². The third-order valence-corrected chi connectivity index (χ3v) is 3.21. The van der Waals surface area contributed by atoms with E-state index in [1.807, 2.05) is 20.2 Å². The van der Waals surface area contributed by atoms with Crippen molar-refractivity contribution in [3.8, 4) is 0 Å². The zero-order valence-electron chi connectivity index (χ0n) is 10.6. The Balaban J connectivity index is 2.42. The first-order valence-corrected chi connectivity index (χ1v) is 6.63. The minimum atomic E-state index is -0.961. The first kappa shape index (κ1) is 13.6. The summed E-state index contributed by atoms with van der Waals surface area (Å²) in [6.07, 6.45) is 2.62. The van der Waals surface area contributed by atoms with Crippen LogP contribution in [0.4, 0.5) is 11.4 Å². The second-order valence-electron chi connectivity index (χ2n) is 4.14. The van der Waals surface area contributed by atoms with Gasteiger partial charge in [-0.2, -0.15) is 5.10 Å². The lowest BCUT2D eigenvalue weighted by atomic mass is 10.1. The van der Waals surface area contributed by atoms with E-state index in [-0.39, 0.29) is 5.56 Å². The quantitative estimate of drug-likeness (QED) is 0.906. The molecule has 0 atom stereocenters. The van der Waals surface area contributed by atoms with E-state index in [0.717, 1.165) is 22.3 Å². The van der Waals surface area contributed by atoms with Crippen molar-refractivity contribution in [3.05, 3.63) is 40.1 Å². The van der Waals surface area contributed by atoms with Gasteiger partial charge in [-0.1, -0.05) is 22.9 Å². The number of nitrogens with one attached hydrogen (secondary N) is 1. The number of halogens is 1. The van der Waals surface area contributed by atoms with Gasteiger partial charge in [0.15, 0.2) is 0 Å². The average molecular weight is 324 g/mol. The number of aryl methyl sites for hydroxylation is 2. The van der Waals surface area contributed by atoms with Gasteiger partial charge in [-0.05, 0) is 24.6 Å². The van der Waals surface area contributed by atoms with Crippen LogP contribution in [0.1, 0.15) is 23.0 Å². The van der Waals surface area contributed by atoms with Crippen LogP contribution in [0.3, 0.4) is 0 Å². The molecule has 19 heavy (non-hydrogen) atoms. The van der Waals surface area contributed by atoms with Crippen LogP contribution in [-0.2, 0) is 13.5 Å². The monoisotopic (exact) mass is 323 g/mol. The molecule has 0 bridgehead atoms. The van der Waals surface area contributed by atoms with Gasteiger partial charge < -0.3 is 10.4 Å². The molecule has 0 aliphatic carbocycles. The molecule has 0 amide bonds. The Kier molecular flexibility index (Phi) is 3.90. The molecule has 0 unspecified atom stereocenters. The normalized spacial score (nSPS) is 10.5. The average Bonchev–Trinajstić information content (AvgIpc) is 2.69. The minimum Gasteiger partial charge on any atom is -0.478 e. The molecule has 2 N–H and O–H groups in total. The van der Waals surface area contributed by atoms with Crippen LogP contribution in [0.5, 0.6) is 0 Å². The lowest BCUT2D eigenvalue weighted by molar-refractivity contribution is 0.0698. The highest BCUT2D eigenvalue weighted by atomic mass is 79.9. The van der Waals surface area contributed by atoms with Crippen LogP contribution in [0.15, 0.2) is 28.9 Å². The Morgan fingerprint density at radius 2 is 2.21 bits per heavy atom. The lowest BCUT2D eigenvalue weighted by Gasteiger charge is -2.09. The van der Waals surface area contributed by atoms with E-state index in [1.165, 1.54) is 0 Å². The smallest absolute Gasteiger partial charge is 0.337 e. The molecule has 0 spiro atoms. The number of anilines is 2. The zero-order chi connectivity index (χ0) is 14.0. The molecule has 0 radical (unpaired) electrons. The predicted octanol–water partition coefficient (Wildman–Crippen LogP) is 3.19. The first-order valence-electron chi connectivity index (χ1n) is 5.83. The number of nitrogens with zero attached hydrogens (tertiary/aromatic N) is 2. The second kappa shape index (κ2) is 5.44. The second-order valence-corrected chi connectivity index (χ2v) is 5.05. The number of aromatic carboxylic acids is 1. The van der Waals surface area contributed by atoms with Gasteiger partial charge in [0.05, 0.1) is 22.6 Å². The Hall–Kier alpha value is -1.82.